The summed E-state index contributed by atoms with van der Waals surface area (Å²) in [6.07, 6.45) is 4.55. The summed E-state index contributed by atoms with van der Waals surface area (Å²) in [5.74, 6) is 0.836. The lowest BCUT2D eigenvalue weighted by molar-refractivity contribution is 0.293. The number of fused-ring (bicyclic) bond motifs is 1. The highest BCUT2D eigenvalue weighted by molar-refractivity contribution is 7.13. The van der Waals surface area contributed by atoms with Crippen LogP contribution in [-0.4, -0.2) is 44.1 Å². The molecule has 0 radical (unpaired) electrons. The molecule has 3 rings (SSSR count). The van der Waals surface area contributed by atoms with Crippen LogP contribution in [-0.2, 0) is 6.54 Å². The first-order chi connectivity index (χ1) is 12.2. The molecule has 134 valence electrons. The second kappa shape index (κ2) is 7.93. The number of hydrogen-bond acceptors (Lipinski definition) is 6. The van der Waals surface area contributed by atoms with E-state index >= 15 is 0 Å². The van der Waals surface area contributed by atoms with Gasteiger partial charge in [0.2, 0.25) is 0 Å². The van der Waals surface area contributed by atoms with E-state index in [2.05, 4.69) is 57.4 Å². The molecule has 0 aliphatic heterocycles. The molecule has 0 saturated carbocycles. The third-order valence-electron chi connectivity index (χ3n) is 4.81. The van der Waals surface area contributed by atoms with Gasteiger partial charge in [-0.1, -0.05) is 13.8 Å². The summed E-state index contributed by atoms with van der Waals surface area (Å²) in [5, 5.41) is 7.24. The smallest absolute Gasteiger partial charge is 0.188 e. The second-order valence-corrected chi connectivity index (χ2v) is 7.02. The molecule has 0 amide bonds. The van der Waals surface area contributed by atoms with E-state index in [0.29, 0.717) is 0 Å². The molecule has 7 heteroatoms. The van der Waals surface area contributed by atoms with Gasteiger partial charge in [-0.15, -0.1) is 11.3 Å². The largest absolute Gasteiger partial charge is 0.329 e. The van der Waals surface area contributed by atoms with Crippen LogP contribution >= 0.6 is 11.3 Å². The van der Waals surface area contributed by atoms with Crippen molar-refractivity contribution in [1.29, 1.82) is 0 Å². The van der Waals surface area contributed by atoms with E-state index < -0.39 is 0 Å². The predicted molar refractivity (Wildman–Crippen MR) is 105 cm³/mol. The van der Waals surface area contributed by atoms with Gasteiger partial charge in [0.15, 0.2) is 5.13 Å². The molecule has 0 aromatic carbocycles. The Balaban J connectivity index is 1.88. The first kappa shape index (κ1) is 17.8. The van der Waals surface area contributed by atoms with Gasteiger partial charge in [-0.2, -0.15) is 0 Å². The van der Waals surface area contributed by atoms with Crippen molar-refractivity contribution < 1.29 is 0 Å². The van der Waals surface area contributed by atoms with Gasteiger partial charge in [-0.3, -0.25) is 0 Å². The standard InChI is InChI=1S/C18H26N6S/c1-5-23(6-2)9-7-10-24-14(4)13(3)15-16(20-12-21-17(15)24)22-18-19-8-11-25-18/h8,11-12H,5-7,9-10H2,1-4H3,(H,19,20,21,22). The lowest BCUT2D eigenvalue weighted by Gasteiger charge is -2.18. The lowest BCUT2D eigenvalue weighted by atomic mass is 10.2. The summed E-state index contributed by atoms with van der Waals surface area (Å²) >= 11 is 1.57. The van der Waals surface area contributed by atoms with E-state index in [-0.39, 0.29) is 0 Å². The van der Waals surface area contributed by atoms with Crippen LogP contribution in [0.5, 0.6) is 0 Å². The molecule has 1 N–H and O–H groups in total. The molecule has 0 aliphatic rings. The van der Waals surface area contributed by atoms with E-state index in [4.69, 9.17) is 0 Å². The van der Waals surface area contributed by atoms with Crippen LogP contribution in [0.25, 0.3) is 11.0 Å². The molecular formula is C18H26N6S. The average molecular weight is 359 g/mol. The molecule has 0 unspecified atom stereocenters. The molecule has 3 aromatic rings. The average Bonchev–Trinajstić information content (AvgIpc) is 3.21. The zero-order chi connectivity index (χ0) is 17.8. The third-order valence-corrected chi connectivity index (χ3v) is 5.50. The summed E-state index contributed by atoms with van der Waals surface area (Å²) in [6.45, 7) is 13.0. The van der Waals surface area contributed by atoms with Gasteiger partial charge < -0.3 is 14.8 Å². The molecule has 0 spiro atoms. The van der Waals surface area contributed by atoms with Crippen LogP contribution in [0.1, 0.15) is 31.5 Å². The maximum atomic E-state index is 4.57. The maximum Gasteiger partial charge on any atom is 0.188 e. The number of nitrogens with one attached hydrogen (secondary N) is 1. The Kier molecular flexibility index (Phi) is 5.65. The highest BCUT2D eigenvalue weighted by Crippen LogP contribution is 2.30. The molecule has 0 aliphatic carbocycles. The summed E-state index contributed by atoms with van der Waals surface area (Å²) in [6, 6.07) is 0. The van der Waals surface area contributed by atoms with E-state index in [0.717, 1.165) is 54.6 Å². The number of nitrogens with zero attached hydrogens (tertiary/aromatic N) is 5. The summed E-state index contributed by atoms with van der Waals surface area (Å²) < 4.78 is 2.32. The molecule has 0 bridgehead atoms. The summed E-state index contributed by atoms with van der Waals surface area (Å²) in [7, 11) is 0. The van der Waals surface area contributed by atoms with Crippen LogP contribution in [0, 0.1) is 13.8 Å². The third kappa shape index (κ3) is 3.67. The maximum absolute atomic E-state index is 4.57. The normalized spacial score (nSPS) is 11.6. The Morgan fingerprint density at radius 1 is 1.16 bits per heavy atom. The van der Waals surface area contributed by atoms with Crippen molar-refractivity contribution in [3.05, 3.63) is 29.2 Å². The minimum absolute atomic E-state index is 0.836. The molecule has 3 aromatic heterocycles. The number of hydrogen-bond donors (Lipinski definition) is 1. The molecule has 25 heavy (non-hydrogen) atoms. The van der Waals surface area contributed by atoms with Gasteiger partial charge in [0.1, 0.15) is 17.8 Å². The van der Waals surface area contributed by atoms with Crippen molar-refractivity contribution in [3.63, 3.8) is 0 Å². The number of aryl methyl sites for hydroxylation is 2. The molecule has 6 nitrogen and oxygen atoms in total. The minimum Gasteiger partial charge on any atom is -0.329 e. The van der Waals surface area contributed by atoms with E-state index in [9.17, 15) is 0 Å². The van der Waals surface area contributed by atoms with Gasteiger partial charge in [0.05, 0.1) is 5.39 Å². The van der Waals surface area contributed by atoms with Crippen LogP contribution in [0.2, 0.25) is 0 Å². The predicted octanol–water partition coefficient (Wildman–Crippen LogP) is 3.98. The van der Waals surface area contributed by atoms with E-state index in [1.807, 2.05) is 5.38 Å². The highest BCUT2D eigenvalue weighted by Gasteiger charge is 2.17. The van der Waals surface area contributed by atoms with E-state index in [1.54, 1.807) is 23.9 Å². The highest BCUT2D eigenvalue weighted by atomic mass is 32.1. The first-order valence-electron chi connectivity index (χ1n) is 8.84. The summed E-state index contributed by atoms with van der Waals surface area (Å²) in [4.78, 5) is 15.8. The Morgan fingerprint density at radius 2 is 1.96 bits per heavy atom. The lowest BCUT2D eigenvalue weighted by Crippen LogP contribution is -2.25. The van der Waals surface area contributed by atoms with Crippen LogP contribution in [0.4, 0.5) is 10.9 Å². The number of aromatic nitrogens is 4. The molecule has 0 saturated heterocycles. The van der Waals surface area contributed by atoms with Crippen molar-refractivity contribution >= 4 is 33.3 Å². The van der Waals surface area contributed by atoms with Crippen molar-refractivity contribution in [2.24, 2.45) is 0 Å². The van der Waals surface area contributed by atoms with Gasteiger partial charge in [0.25, 0.3) is 0 Å². The minimum atomic E-state index is 0.836. The molecule has 0 atom stereocenters. The molecule has 3 heterocycles. The number of thiazole rings is 1. The number of rotatable bonds is 8. The van der Waals surface area contributed by atoms with Gasteiger partial charge >= 0.3 is 0 Å². The second-order valence-electron chi connectivity index (χ2n) is 6.13. The topological polar surface area (TPSA) is 58.9 Å². The zero-order valence-electron chi connectivity index (χ0n) is 15.4. The van der Waals surface area contributed by atoms with Crippen molar-refractivity contribution in [2.45, 2.75) is 40.7 Å². The van der Waals surface area contributed by atoms with Crippen molar-refractivity contribution in [1.82, 2.24) is 24.4 Å². The fraction of sp³-hybridized carbons (Fsp3) is 0.500. The van der Waals surface area contributed by atoms with Crippen LogP contribution < -0.4 is 5.32 Å². The Morgan fingerprint density at radius 3 is 2.64 bits per heavy atom. The van der Waals surface area contributed by atoms with Gasteiger partial charge in [-0.25, -0.2) is 15.0 Å². The monoisotopic (exact) mass is 358 g/mol. The van der Waals surface area contributed by atoms with Gasteiger partial charge in [-0.05, 0) is 45.5 Å². The summed E-state index contributed by atoms with van der Waals surface area (Å²) in [5.41, 5.74) is 3.50. The van der Waals surface area contributed by atoms with Gasteiger partial charge in [0, 0.05) is 23.8 Å². The Labute approximate surface area is 152 Å². The van der Waals surface area contributed by atoms with E-state index in [1.165, 1.54) is 11.3 Å². The Bertz CT molecular complexity index is 820. The zero-order valence-corrected chi connectivity index (χ0v) is 16.2. The first-order valence-corrected chi connectivity index (χ1v) is 9.72. The SMILES string of the molecule is CCN(CC)CCCn1c(C)c(C)c2c(Nc3nccs3)ncnc21. The van der Waals surface area contributed by atoms with Crippen molar-refractivity contribution in [3.8, 4) is 0 Å². The molecular weight excluding hydrogens is 332 g/mol. The molecule has 0 fully saturated rings. The fourth-order valence-corrected chi connectivity index (χ4v) is 3.74. The fourth-order valence-electron chi connectivity index (χ4n) is 3.22. The Hall–Kier alpha value is -1.99. The van der Waals surface area contributed by atoms with Crippen LogP contribution in [0.15, 0.2) is 17.9 Å². The van der Waals surface area contributed by atoms with Crippen molar-refractivity contribution in [2.75, 3.05) is 25.0 Å². The van der Waals surface area contributed by atoms with Crippen LogP contribution in [0.3, 0.4) is 0 Å². The number of anilines is 2. The quantitative estimate of drug-likeness (QED) is 0.660.